The second kappa shape index (κ2) is 9.98. The maximum Gasteiger partial charge on any atom is 0.327 e. The van der Waals surface area contributed by atoms with Crippen molar-refractivity contribution in [3.05, 3.63) is 71.3 Å². The van der Waals surface area contributed by atoms with Gasteiger partial charge >= 0.3 is 5.97 Å². The van der Waals surface area contributed by atoms with Crippen LogP contribution in [-0.4, -0.2) is 52.1 Å². The lowest BCUT2D eigenvalue weighted by Crippen LogP contribution is -2.41. The number of sulfonamides is 1. The Balaban J connectivity index is 1.75. The molecule has 8 heteroatoms. The minimum Gasteiger partial charge on any atom is -0.468 e. The Morgan fingerprint density at radius 3 is 2.34 bits per heavy atom. The first-order chi connectivity index (χ1) is 14.0. The molecule has 3 rings (SSSR count). The summed E-state index contributed by atoms with van der Waals surface area (Å²) in [5.41, 5.74) is 2.33. The fourth-order valence-electron chi connectivity index (χ4n) is 3.30. The van der Waals surface area contributed by atoms with Gasteiger partial charge in [0.25, 0.3) is 0 Å². The number of hydrogen-bond acceptors (Lipinski definition) is 6. The Kier molecular flexibility index (Phi) is 7.38. The summed E-state index contributed by atoms with van der Waals surface area (Å²) in [5, 5.41) is 3.21. The molecule has 1 fully saturated rings. The molecule has 1 N–H and O–H groups in total. The van der Waals surface area contributed by atoms with Crippen molar-refractivity contribution in [1.82, 2.24) is 9.62 Å². The number of benzene rings is 2. The molecule has 0 aromatic heterocycles. The Morgan fingerprint density at radius 2 is 1.69 bits per heavy atom. The van der Waals surface area contributed by atoms with E-state index < -0.39 is 22.0 Å². The van der Waals surface area contributed by atoms with Crippen molar-refractivity contribution in [2.45, 2.75) is 18.3 Å². The van der Waals surface area contributed by atoms with E-state index in [1.807, 2.05) is 54.6 Å². The van der Waals surface area contributed by atoms with Crippen molar-refractivity contribution in [2.75, 3.05) is 33.4 Å². The van der Waals surface area contributed by atoms with Crippen LogP contribution in [0.4, 0.5) is 0 Å². The van der Waals surface area contributed by atoms with E-state index in [0.717, 1.165) is 11.1 Å². The van der Waals surface area contributed by atoms with Crippen molar-refractivity contribution < 1.29 is 22.7 Å². The quantitative estimate of drug-likeness (QED) is 0.659. The van der Waals surface area contributed by atoms with Gasteiger partial charge in [0, 0.05) is 19.6 Å². The van der Waals surface area contributed by atoms with Gasteiger partial charge in [-0.05, 0) is 16.7 Å². The highest BCUT2D eigenvalue weighted by Gasteiger charge is 2.26. The average Bonchev–Trinajstić information content (AvgIpc) is 2.76. The molecular weight excluding hydrogens is 392 g/mol. The number of rotatable bonds is 8. The van der Waals surface area contributed by atoms with Crippen molar-refractivity contribution >= 4 is 16.0 Å². The number of nitrogens with one attached hydrogen (secondary N) is 1. The first-order valence-corrected chi connectivity index (χ1v) is 11.1. The van der Waals surface area contributed by atoms with E-state index in [0.29, 0.717) is 38.4 Å². The third kappa shape index (κ3) is 5.63. The first-order valence-electron chi connectivity index (χ1n) is 9.50. The predicted octanol–water partition coefficient (Wildman–Crippen LogP) is 1.85. The number of morpholine rings is 1. The highest BCUT2D eigenvalue weighted by molar-refractivity contribution is 7.88. The van der Waals surface area contributed by atoms with Gasteiger partial charge < -0.3 is 9.47 Å². The number of ether oxygens (including phenoxy) is 2. The normalized spacial score (nSPS) is 16.3. The van der Waals surface area contributed by atoms with E-state index in [2.05, 4.69) is 5.32 Å². The smallest absolute Gasteiger partial charge is 0.327 e. The van der Waals surface area contributed by atoms with Crippen LogP contribution in [-0.2, 0) is 36.6 Å². The van der Waals surface area contributed by atoms with Crippen molar-refractivity contribution in [3.8, 4) is 0 Å². The SMILES string of the molecule is COC(=O)C(NCc1ccccc1CS(=O)(=O)N1CCOCC1)c1ccccc1. The fourth-order valence-corrected chi connectivity index (χ4v) is 4.86. The molecule has 0 saturated carbocycles. The minimum absolute atomic E-state index is 0.0842. The van der Waals surface area contributed by atoms with Crippen molar-refractivity contribution in [1.29, 1.82) is 0 Å². The van der Waals surface area contributed by atoms with E-state index in [1.54, 1.807) is 0 Å². The number of carbonyl (C=O) groups is 1. The zero-order chi connectivity index (χ0) is 20.7. The van der Waals surface area contributed by atoms with Gasteiger partial charge in [-0.25, -0.2) is 13.2 Å². The second-order valence-electron chi connectivity index (χ2n) is 6.78. The summed E-state index contributed by atoms with van der Waals surface area (Å²) in [6.07, 6.45) is 0. The van der Waals surface area contributed by atoms with Crippen molar-refractivity contribution in [2.24, 2.45) is 0 Å². The first kappa shape index (κ1) is 21.4. The monoisotopic (exact) mass is 418 g/mol. The number of methoxy groups -OCH3 is 1. The van der Waals surface area contributed by atoms with Gasteiger partial charge in [-0.15, -0.1) is 0 Å². The highest BCUT2D eigenvalue weighted by atomic mass is 32.2. The van der Waals surface area contributed by atoms with E-state index in [1.165, 1.54) is 11.4 Å². The van der Waals surface area contributed by atoms with Gasteiger partial charge in [-0.1, -0.05) is 54.6 Å². The molecular formula is C21H26N2O5S. The molecule has 2 aromatic rings. The van der Waals surface area contributed by atoms with E-state index in [4.69, 9.17) is 9.47 Å². The predicted molar refractivity (Wildman–Crippen MR) is 109 cm³/mol. The summed E-state index contributed by atoms with van der Waals surface area (Å²) in [5.74, 6) is -0.478. The maximum absolute atomic E-state index is 12.8. The second-order valence-corrected chi connectivity index (χ2v) is 8.75. The summed E-state index contributed by atoms with van der Waals surface area (Å²) in [6, 6.07) is 16.0. The van der Waals surface area contributed by atoms with Crippen LogP contribution in [0.3, 0.4) is 0 Å². The third-order valence-electron chi connectivity index (χ3n) is 4.89. The lowest BCUT2D eigenvalue weighted by Gasteiger charge is -2.26. The molecule has 2 aromatic carbocycles. The molecule has 1 saturated heterocycles. The minimum atomic E-state index is -3.44. The molecule has 0 amide bonds. The average molecular weight is 419 g/mol. The molecule has 1 heterocycles. The van der Waals surface area contributed by atoms with Crippen LogP contribution in [0.1, 0.15) is 22.7 Å². The van der Waals surface area contributed by atoms with Gasteiger partial charge in [-0.3, -0.25) is 5.32 Å². The third-order valence-corrected chi connectivity index (χ3v) is 6.71. The Hall–Kier alpha value is -2.26. The Bertz CT molecular complexity index is 912. The van der Waals surface area contributed by atoms with Gasteiger partial charge in [-0.2, -0.15) is 4.31 Å². The standard InChI is InChI=1S/C21H26N2O5S/c1-27-21(24)20(17-7-3-2-4-8-17)22-15-18-9-5-6-10-19(18)16-29(25,26)23-11-13-28-14-12-23/h2-10,20,22H,11-16H2,1H3. The van der Waals surface area contributed by atoms with Crippen LogP contribution in [0.15, 0.2) is 54.6 Å². The Labute approximate surface area is 171 Å². The van der Waals surface area contributed by atoms with Crippen LogP contribution < -0.4 is 5.32 Å². The Morgan fingerprint density at radius 1 is 1.07 bits per heavy atom. The molecule has 0 bridgehead atoms. The number of carbonyl (C=O) groups excluding carboxylic acids is 1. The largest absolute Gasteiger partial charge is 0.468 e. The molecule has 7 nitrogen and oxygen atoms in total. The van der Waals surface area contributed by atoms with Crippen LogP contribution >= 0.6 is 0 Å². The van der Waals surface area contributed by atoms with Crippen LogP contribution in [0, 0.1) is 0 Å². The number of hydrogen-bond donors (Lipinski definition) is 1. The molecule has 156 valence electrons. The van der Waals surface area contributed by atoms with Crippen LogP contribution in [0.5, 0.6) is 0 Å². The molecule has 0 aliphatic carbocycles. The molecule has 1 aliphatic rings. The highest BCUT2D eigenvalue weighted by Crippen LogP contribution is 2.19. The van der Waals surface area contributed by atoms with Gasteiger partial charge in [0.2, 0.25) is 10.0 Å². The van der Waals surface area contributed by atoms with E-state index in [-0.39, 0.29) is 5.75 Å². The summed E-state index contributed by atoms with van der Waals surface area (Å²) < 4.78 is 37.2. The van der Waals surface area contributed by atoms with Crippen LogP contribution in [0.25, 0.3) is 0 Å². The summed E-state index contributed by atoms with van der Waals surface area (Å²) in [7, 11) is -2.09. The fraction of sp³-hybridized carbons (Fsp3) is 0.381. The molecule has 0 spiro atoms. The number of esters is 1. The molecule has 29 heavy (non-hydrogen) atoms. The maximum atomic E-state index is 12.8. The summed E-state index contributed by atoms with van der Waals surface area (Å²) in [6.45, 7) is 1.92. The van der Waals surface area contributed by atoms with Gasteiger partial charge in [0.15, 0.2) is 0 Å². The van der Waals surface area contributed by atoms with Gasteiger partial charge in [0.1, 0.15) is 6.04 Å². The molecule has 1 atom stereocenters. The lowest BCUT2D eigenvalue weighted by atomic mass is 10.1. The van der Waals surface area contributed by atoms with Crippen molar-refractivity contribution in [3.63, 3.8) is 0 Å². The topological polar surface area (TPSA) is 84.9 Å². The molecule has 0 radical (unpaired) electrons. The molecule has 1 aliphatic heterocycles. The summed E-state index contributed by atoms with van der Waals surface area (Å²) >= 11 is 0. The zero-order valence-corrected chi connectivity index (χ0v) is 17.2. The number of nitrogens with zero attached hydrogens (tertiary/aromatic N) is 1. The lowest BCUT2D eigenvalue weighted by molar-refractivity contribution is -0.143. The van der Waals surface area contributed by atoms with E-state index in [9.17, 15) is 13.2 Å². The summed E-state index contributed by atoms with van der Waals surface area (Å²) in [4.78, 5) is 12.3. The zero-order valence-electron chi connectivity index (χ0n) is 16.4. The molecule has 1 unspecified atom stereocenters. The van der Waals surface area contributed by atoms with E-state index >= 15 is 0 Å². The van der Waals surface area contributed by atoms with Crippen LogP contribution in [0.2, 0.25) is 0 Å². The van der Waals surface area contributed by atoms with Gasteiger partial charge in [0.05, 0.1) is 26.1 Å².